The molecule has 0 bridgehead atoms. The summed E-state index contributed by atoms with van der Waals surface area (Å²) in [4.78, 5) is 26.9. The number of benzene rings is 2. The molecule has 0 aliphatic carbocycles. The summed E-state index contributed by atoms with van der Waals surface area (Å²) in [5.74, 6) is 0.693. The summed E-state index contributed by atoms with van der Waals surface area (Å²) in [7, 11) is 0. The summed E-state index contributed by atoms with van der Waals surface area (Å²) in [5, 5.41) is 21.1. The first-order valence-electron chi connectivity index (χ1n) is 10.2. The number of hydrogen-bond acceptors (Lipinski definition) is 8. The molecule has 2 aromatic heterocycles. The van der Waals surface area contributed by atoms with Gasteiger partial charge < -0.3 is 19.3 Å². The van der Waals surface area contributed by atoms with E-state index in [1.54, 1.807) is 36.7 Å². The Morgan fingerprint density at radius 2 is 1.91 bits per heavy atom. The molecular weight excluding hydrogens is 412 g/mol. The molecule has 1 aliphatic heterocycles. The van der Waals surface area contributed by atoms with E-state index in [4.69, 9.17) is 14.7 Å². The number of ether oxygens (including phenoxy) is 1. The number of fused-ring (bicyclic) bond motifs is 1. The second-order valence-electron chi connectivity index (χ2n) is 7.49. The third kappa shape index (κ3) is 3.83. The standard InChI is InChI=1S/C22H20N6O4/c29-18-6-2-4-16(12-18)19-20-21(25-22(24-19)26-7-9-32-10-8-26)27(14-23-20)13-15-3-1-5-17(11-15)28(30)31/h1-6,11-12,14,29H,7-10,13H2. The van der Waals surface area contributed by atoms with Gasteiger partial charge in [0, 0.05) is 30.8 Å². The van der Waals surface area contributed by atoms with Crippen LogP contribution in [-0.2, 0) is 11.3 Å². The largest absolute Gasteiger partial charge is 0.508 e. The van der Waals surface area contributed by atoms with Crippen molar-refractivity contribution in [2.24, 2.45) is 0 Å². The molecule has 0 atom stereocenters. The highest BCUT2D eigenvalue weighted by Gasteiger charge is 2.20. The van der Waals surface area contributed by atoms with Gasteiger partial charge in [-0.15, -0.1) is 0 Å². The lowest BCUT2D eigenvalue weighted by Gasteiger charge is -2.27. The van der Waals surface area contributed by atoms with Gasteiger partial charge in [0.2, 0.25) is 5.95 Å². The first-order chi connectivity index (χ1) is 15.6. The molecule has 3 heterocycles. The fraction of sp³-hybridized carbons (Fsp3) is 0.227. The Morgan fingerprint density at radius 3 is 2.69 bits per heavy atom. The molecule has 1 aliphatic rings. The van der Waals surface area contributed by atoms with Crippen molar-refractivity contribution in [3.05, 3.63) is 70.5 Å². The van der Waals surface area contributed by atoms with Gasteiger partial charge in [-0.25, -0.2) is 9.97 Å². The van der Waals surface area contributed by atoms with Crippen LogP contribution in [0, 0.1) is 10.1 Å². The first-order valence-corrected chi connectivity index (χ1v) is 10.2. The summed E-state index contributed by atoms with van der Waals surface area (Å²) in [6, 6.07) is 13.4. The Morgan fingerprint density at radius 1 is 1.09 bits per heavy atom. The van der Waals surface area contributed by atoms with E-state index in [1.807, 2.05) is 16.7 Å². The van der Waals surface area contributed by atoms with Gasteiger partial charge in [-0.2, -0.15) is 4.98 Å². The third-order valence-electron chi connectivity index (χ3n) is 5.34. The van der Waals surface area contributed by atoms with Crippen molar-refractivity contribution in [3.63, 3.8) is 0 Å². The number of hydrogen-bond donors (Lipinski definition) is 1. The maximum atomic E-state index is 11.1. The van der Waals surface area contributed by atoms with Crippen molar-refractivity contribution in [3.8, 4) is 17.0 Å². The average molecular weight is 432 g/mol. The van der Waals surface area contributed by atoms with Crippen LogP contribution in [0.5, 0.6) is 5.75 Å². The van der Waals surface area contributed by atoms with Crippen LogP contribution in [0.15, 0.2) is 54.9 Å². The molecule has 162 valence electrons. The summed E-state index contributed by atoms with van der Waals surface area (Å²) >= 11 is 0. The van der Waals surface area contributed by atoms with Gasteiger partial charge in [-0.1, -0.05) is 24.3 Å². The predicted octanol–water partition coefficient (Wildman–Crippen LogP) is 2.99. The topological polar surface area (TPSA) is 119 Å². The number of aromatic hydroxyl groups is 1. The maximum absolute atomic E-state index is 11.1. The number of phenolic OH excluding ortho intramolecular Hbond substituents is 1. The summed E-state index contributed by atoms with van der Waals surface area (Å²) in [6.45, 7) is 2.90. The van der Waals surface area contributed by atoms with Crippen molar-refractivity contribution in [2.75, 3.05) is 31.2 Å². The summed E-state index contributed by atoms with van der Waals surface area (Å²) in [6.07, 6.45) is 1.66. The molecule has 32 heavy (non-hydrogen) atoms. The molecule has 10 nitrogen and oxygen atoms in total. The molecule has 0 amide bonds. The molecule has 1 N–H and O–H groups in total. The van der Waals surface area contributed by atoms with Crippen molar-refractivity contribution < 1.29 is 14.8 Å². The summed E-state index contributed by atoms with van der Waals surface area (Å²) < 4.78 is 7.31. The number of nitro groups is 1. The number of aromatic nitrogens is 4. The Bertz CT molecular complexity index is 1300. The SMILES string of the molecule is O=[N+]([O-])c1cccc(Cn2cnc3c(-c4cccc(O)c4)nc(N4CCOCC4)nc32)c1. The van der Waals surface area contributed by atoms with E-state index in [-0.39, 0.29) is 11.4 Å². The lowest BCUT2D eigenvalue weighted by molar-refractivity contribution is -0.384. The van der Waals surface area contributed by atoms with Gasteiger partial charge in [-0.3, -0.25) is 10.1 Å². The summed E-state index contributed by atoms with van der Waals surface area (Å²) in [5.41, 5.74) is 3.36. The van der Waals surface area contributed by atoms with E-state index in [0.717, 1.165) is 11.1 Å². The number of rotatable bonds is 5. The Kier molecular flexibility index (Phi) is 5.12. The van der Waals surface area contributed by atoms with Crippen molar-refractivity contribution in [1.82, 2.24) is 19.5 Å². The van der Waals surface area contributed by atoms with Crippen LogP contribution in [0.2, 0.25) is 0 Å². The molecule has 1 saturated heterocycles. The van der Waals surface area contributed by atoms with Crippen LogP contribution >= 0.6 is 0 Å². The zero-order valence-electron chi connectivity index (χ0n) is 17.1. The van der Waals surface area contributed by atoms with E-state index in [2.05, 4.69) is 9.88 Å². The van der Waals surface area contributed by atoms with E-state index in [9.17, 15) is 15.2 Å². The highest BCUT2D eigenvalue weighted by Crippen LogP contribution is 2.30. The fourth-order valence-corrected chi connectivity index (χ4v) is 3.77. The minimum Gasteiger partial charge on any atom is -0.508 e. The number of imidazole rings is 1. The van der Waals surface area contributed by atoms with Gasteiger partial charge >= 0.3 is 0 Å². The lowest BCUT2D eigenvalue weighted by Crippen LogP contribution is -2.37. The second-order valence-corrected chi connectivity index (χ2v) is 7.49. The number of nitro benzene ring substituents is 1. The van der Waals surface area contributed by atoms with Gasteiger partial charge in [-0.05, 0) is 17.7 Å². The highest BCUT2D eigenvalue weighted by atomic mass is 16.6. The number of phenols is 1. The van der Waals surface area contributed by atoms with Crippen molar-refractivity contribution in [2.45, 2.75) is 6.54 Å². The molecule has 4 aromatic rings. The van der Waals surface area contributed by atoms with Gasteiger partial charge in [0.15, 0.2) is 5.65 Å². The van der Waals surface area contributed by atoms with E-state index in [1.165, 1.54) is 6.07 Å². The number of anilines is 1. The molecule has 5 rings (SSSR count). The van der Waals surface area contributed by atoms with Crippen LogP contribution in [0.4, 0.5) is 11.6 Å². The normalized spacial score (nSPS) is 14.1. The second kappa shape index (κ2) is 8.23. The Balaban J connectivity index is 1.63. The molecule has 0 unspecified atom stereocenters. The number of morpholine rings is 1. The Labute approximate surface area is 182 Å². The first kappa shape index (κ1) is 19.9. The molecule has 1 fully saturated rings. The molecule has 0 radical (unpaired) electrons. The van der Waals surface area contributed by atoms with Gasteiger partial charge in [0.1, 0.15) is 17.0 Å². The van der Waals surface area contributed by atoms with Crippen LogP contribution < -0.4 is 4.90 Å². The van der Waals surface area contributed by atoms with Crippen LogP contribution in [0.25, 0.3) is 22.4 Å². The van der Waals surface area contributed by atoms with Crippen molar-refractivity contribution >= 4 is 22.8 Å². The monoisotopic (exact) mass is 432 g/mol. The molecule has 10 heteroatoms. The van der Waals surface area contributed by atoms with E-state index >= 15 is 0 Å². The quantitative estimate of drug-likeness (QED) is 0.378. The minimum absolute atomic E-state index is 0.0380. The number of non-ortho nitro benzene ring substituents is 1. The lowest BCUT2D eigenvalue weighted by atomic mass is 10.1. The zero-order chi connectivity index (χ0) is 22.1. The van der Waals surface area contributed by atoms with Crippen LogP contribution in [0.1, 0.15) is 5.56 Å². The minimum atomic E-state index is -0.409. The van der Waals surface area contributed by atoms with Crippen molar-refractivity contribution in [1.29, 1.82) is 0 Å². The van der Waals surface area contributed by atoms with Gasteiger partial charge in [0.25, 0.3) is 5.69 Å². The van der Waals surface area contributed by atoms with Crippen LogP contribution in [0.3, 0.4) is 0 Å². The molecular formula is C22H20N6O4. The van der Waals surface area contributed by atoms with Gasteiger partial charge in [0.05, 0.1) is 31.0 Å². The van der Waals surface area contributed by atoms with E-state index < -0.39 is 4.92 Å². The zero-order valence-corrected chi connectivity index (χ0v) is 17.1. The predicted molar refractivity (Wildman–Crippen MR) is 118 cm³/mol. The maximum Gasteiger partial charge on any atom is 0.269 e. The van der Waals surface area contributed by atoms with Crippen LogP contribution in [-0.4, -0.2) is 55.9 Å². The highest BCUT2D eigenvalue weighted by molar-refractivity contribution is 5.88. The smallest absolute Gasteiger partial charge is 0.269 e. The molecule has 0 spiro atoms. The fourth-order valence-electron chi connectivity index (χ4n) is 3.77. The average Bonchev–Trinajstić information content (AvgIpc) is 3.22. The molecule has 0 saturated carbocycles. The number of nitrogens with zero attached hydrogens (tertiary/aromatic N) is 6. The Hall–Kier alpha value is -4.05. The van der Waals surface area contributed by atoms with E-state index in [0.29, 0.717) is 55.7 Å². The third-order valence-corrected chi connectivity index (χ3v) is 5.34. The molecule has 2 aromatic carbocycles.